The summed E-state index contributed by atoms with van der Waals surface area (Å²) in [6.45, 7) is -0.240. The van der Waals surface area contributed by atoms with Gasteiger partial charge in [-0.3, -0.25) is 14.4 Å². The molecule has 16 nitrogen and oxygen atoms in total. The predicted molar refractivity (Wildman–Crippen MR) is 224 cm³/mol. The van der Waals surface area contributed by atoms with Crippen molar-refractivity contribution < 1.29 is 43.7 Å². The third-order valence-corrected chi connectivity index (χ3v) is 10.7. The number of carbonyl (C=O) groups excluding carboxylic acids is 3. The molecule has 1 aromatic heterocycles. The first kappa shape index (κ1) is 40.9. The van der Waals surface area contributed by atoms with E-state index < -0.39 is 30.5 Å². The highest BCUT2D eigenvalue weighted by atomic mass is 16.5. The number of nitrogens with zero attached hydrogens (tertiary/aromatic N) is 1. The Bertz CT molecular complexity index is 2360. The standard InChI is InChI=1S/C44H47N7O9/c45-30-11-6-27(7-12-30)42(55)47-19-18-46-39(52)24-59-32-13-8-26(9-14-32)41-49-36-20-28(10-17-38(36)51(41)31-4-2-1-3-5-31)43(56)50-37(44(57)58)21-29-23-48-35-16-15-33(22-34(29)35)60-25-40(53)54/h6-17,20,22-23,31,37,41,48-49H,1-5,18-19,21,24-25,45H2,(H,46,52)(H,47,55)(H,50,56)(H,53,54)(H,57,58)/t37-,41?/m0/s1. The number of nitrogen functional groups attached to an aromatic ring is 1. The molecule has 1 aliphatic heterocycles. The largest absolute Gasteiger partial charge is 0.484 e. The van der Waals surface area contributed by atoms with E-state index in [1.165, 1.54) is 6.42 Å². The number of ether oxygens (including phenoxy) is 2. The summed E-state index contributed by atoms with van der Waals surface area (Å²) >= 11 is 0. The Hall–Kier alpha value is -7.23. The first-order valence-electron chi connectivity index (χ1n) is 19.8. The van der Waals surface area contributed by atoms with Crippen molar-refractivity contribution in [3.05, 3.63) is 113 Å². The summed E-state index contributed by atoms with van der Waals surface area (Å²) in [6, 6.07) is 23.4. The quantitative estimate of drug-likeness (QED) is 0.0466. The number of carboxylic acids is 2. The highest BCUT2D eigenvalue weighted by Gasteiger charge is 2.36. The number of benzene rings is 4. The maximum Gasteiger partial charge on any atom is 0.341 e. The molecule has 1 fully saturated rings. The van der Waals surface area contributed by atoms with Gasteiger partial charge in [0.15, 0.2) is 13.2 Å². The lowest BCUT2D eigenvalue weighted by molar-refractivity contribution is -0.140. The molecule has 1 unspecified atom stereocenters. The number of H-pyrrole nitrogens is 1. The fourth-order valence-corrected chi connectivity index (χ4v) is 7.67. The summed E-state index contributed by atoms with van der Waals surface area (Å²) < 4.78 is 11.1. The molecule has 9 N–H and O–H groups in total. The molecular weight excluding hydrogens is 771 g/mol. The van der Waals surface area contributed by atoms with Gasteiger partial charge in [-0.05, 0) is 96.8 Å². The summed E-state index contributed by atoms with van der Waals surface area (Å²) in [5, 5.41) is 31.6. The Morgan fingerprint density at radius 1 is 0.783 bits per heavy atom. The van der Waals surface area contributed by atoms with Gasteiger partial charge in [-0.25, -0.2) is 9.59 Å². The Morgan fingerprint density at radius 2 is 1.48 bits per heavy atom. The van der Waals surface area contributed by atoms with Crippen molar-refractivity contribution >= 4 is 57.6 Å². The smallest absolute Gasteiger partial charge is 0.341 e. The summed E-state index contributed by atoms with van der Waals surface area (Å²) in [5.41, 5.74) is 11.0. The fourth-order valence-electron chi connectivity index (χ4n) is 7.67. The average Bonchev–Trinajstić information content (AvgIpc) is 3.84. The SMILES string of the molecule is Nc1ccc(C(=O)NCCNC(=O)COc2ccc(C3Nc4cc(C(=O)N[C@@H](Cc5c[nH]c6ccc(OCC(=O)O)cc56)C(=O)O)ccc4N3C3CCCCC3)cc2)cc1. The first-order valence-corrected chi connectivity index (χ1v) is 19.8. The van der Waals surface area contributed by atoms with Gasteiger partial charge in [0.25, 0.3) is 17.7 Å². The lowest BCUT2D eigenvalue weighted by Gasteiger charge is -2.37. The predicted octanol–water partition coefficient (Wildman–Crippen LogP) is 4.83. The molecule has 0 radical (unpaired) electrons. The molecule has 312 valence electrons. The van der Waals surface area contributed by atoms with E-state index in [4.69, 9.17) is 20.3 Å². The molecule has 60 heavy (non-hydrogen) atoms. The van der Waals surface area contributed by atoms with Crippen LogP contribution in [0.2, 0.25) is 0 Å². The number of hydrogen-bond donors (Lipinski definition) is 8. The molecule has 1 aliphatic carbocycles. The molecule has 2 aliphatic rings. The van der Waals surface area contributed by atoms with Crippen LogP contribution in [-0.2, 0) is 20.8 Å². The summed E-state index contributed by atoms with van der Waals surface area (Å²) in [6.07, 6.45) is 6.81. The van der Waals surface area contributed by atoms with Crippen LogP contribution in [0.15, 0.2) is 91.1 Å². The number of rotatable bonds is 17. The monoisotopic (exact) mass is 817 g/mol. The van der Waals surface area contributed by atoms with Gasteiger partial charge in [0.05, 0.1) is 11.4 Å². The number of fused-ring (bicyclic) bond motifs is 2. The lowest BCUT2D eigenvalue weighted by atomic mass is 9.93. The van der Waals surface area contributed by atoms with Crippen LogP contribution < -0.4 is 41.4 Å². The van der Waals surface area contributed by atoms with Crippen LogP contribution in [0, 0.1) is 0 Å². The molecule has 3 amide bonds. The molecule has 0 saturated heterocycles. The number of hydrogen-bond acceptors (Lipinski definition) is 10. The normalized spacial score (nSPS) is 15.3. The van der Waals surface area contributed by atoms with Crippen molar-refractivity contribution in [1.29, 1.82) is 0 Å². The van der Waals surface area contributed by atoms with Crippen LogP contribution in [0.3, 0.4) is 0 Å². The maximum absolute atomic E-state index is 13.6. The van der Waals surface area contributed by atoms with E-state index in [-0.39, 0.29) is 50.1 Å². The second kappa shape index (κ2) is 18.6. The molecule has 0 spiro atoms. The van der Waals surface area contributed by atoms with E-state index in [0.717, 1.165) is 42.6 Å². The molecule has 2 atom stereocenters. The summed E-state index contributed by atoms with van der Waals surface area (Å²) in [4.78, 5) is 67.2. The number of aromatic amines is 1. The van der Waals surface area contributed by atoms with Crippen LogP contribution in [-0.4, -0.2) is 83.2 Å². The number of nitrogens with two attached hydrogens (primary N) is 1. The van der Waals surface area contributed by atoms with E-state index in [2.05, 4.69) is 31.2 Å². The van der Waals surface area contributed by atoms with Gasteiger partial charge in [-0.1, -0.05) is 31.4 Å². The minimum atomic E-state index is -1.26. The van der Waals surface area contributed by atoms with Gasteiger partial charge in [0, 0.05) is 59.5 Å². The molecule has 5 aromatic rings. The third-order valence-electron chi connectivity index (χ3n) is 10.7. The minimum Gasteiger partial charge on any atom is -0.484 e. The van der Waals surface area contributed by atoms with Crippen LogP contribution in [0.1, 0.15) is 70.1 Å². The van der Waals surface area contributed by atoms with E-state index in [9.17, 15) is 29.1 Å². The second-order valence-electron chi connectivity index (χ2n) is 14.8. The molecule has 4 aromatic carbocycles. The summed E-state index contributed by atoms with van der Waals surface area (Å²) in [5.74, 6) is -2.63. The van der Waals surface area contributed by atoms with Crippen LogP contribution in [0.25, 0.3) is 10.9 Å². The number of anilines is 3. The van der Waals surface area contributed by atoms with Gasteiger partial charge in [-0.15, -0.1) is 0 Å². The Kier molecular flexibility index (Phi) is 12.7. The van der Waals surface area contributed by atoms with Crippen LogP contribution >= 0.6 is 0 Å². The van der Waals surface area contributed by atoms with E-state index in [1.807, 2.05) is 30.3 Å². The molecule has 16 heteroatoms. The number of carboxylic acid groups (broad SMARTS) is 2. The zero-order chi connectivity index (χ0) is 42.2. The van der Waals surface area contributed by atoms with Gasteiger partial charge in [-0.2, -0.15) is 0 Å². The van der Waals surface area contributed by atoms with Crippen molar-refractivity contribution in [2.75, 3.05) is 42.3 Å². The van der Waals surface area contributed by atoms with Gasteiger partial charge in [0.2, 0.25) is 0 Å². The van der Waals surface area contributed by atoms with Gasteiger partial charge < -0.3 is 56.6 Å². The number of carbonyl (C=O) groups is 5. The second-order valence-corrected chi connectivity index (χ2v) is 14.8. The molecule has 2 heterocycles. The van der Waals surface area contributed by atoms with E-state index >= 15 is 0 Å². The lowest BCUT2D eigenvalue weighted by Crippen LogP contribution is -2.42. The zero-order valence-electron chi connectivity index (χ0n) is 32.7. The Labute approximate surface area is 345 Å². The first-order chi connectivity index (χ1) is 29.0. The van der Waals surface area contributed by atoms with E-state index in [1.54, 1.807) is 60.8 Å². The molecule has 7 rings (SSSR count). The number of amides is 3. The third kappa shape index (κ3) is 9.89. The number of aliphatic carboxylic acids is 2. The topological polar surface area (TPSA) is 237 Å². The van der Waals surface area contributed by atoms with Gasteiger partial charge in [0.1, 0.15) is 23.7 Å². The number of nitrogens with one attached hydrogen (secondary N) is 5. The molecule has 0 bridgehead atoms. The van der Waals surface area contributed by atoms with Crippen molar-refractivity contribution in [2.45, 2.75) is 56.8 Å². The molecule has 1 saturated carbocycles. The number of aromatic nitrogens is 1. The fraction of sp³-hybridized carbons (Fsp3) is 0.295. The maximum atomic E-state index is 13.6. The zero-order valence-corrected chi connectivity index (χ0v) is 32.7. The van der Waals surface area contributed by atoms with Crippen LogP contribution in [0.5, 0.6) is 11.5 Å². The Balaban J connectivity index is 0.974. The minimum absolute atomic E-state index is 0.0276. The van der Waals surface area contributed by atoms with Crippen molar-refractivity contribution in [2.24, 2.45) is 0 Å². The van der Waals surface area contributed by atoms with Crippen molar-refractivity contribution in [3.8, 4) is 11.5 Å². The van der Waals surface area contributed by atoms with Gasteiger partial charge >= 0.3 is 11.9 Å². The van der Waals surface area contributed by atoms with Crippen molar-refractivity contribution in [1.82, 2.24) is 20.9 Å². The highest BCUT2D eigenvalue weighted by molar-refractivity contribution is 5.99. The van der Waals surface area contributed by atoms with E-state index in [0.29, 0.717) is 44.8 Å². The Morgan fingerprint density at radius 3 is 2.22 bits per heavy atom. The van der Waals surface area contributed by atoms with Crippen LogP contribution in [0.4, 0.5) is 17.1 Å². The summed E-state index contributed by atoms with van der Waals surface area (Å²) in [7, 11) is 0. The average molecular weight is 818 g/mol. The molecular formula is C44H47N7O9. The van der Waals surface area contributed by atoms with Crippen molar-refractivity contribution in [3.63, 3.8) is 0 Å². The highest BCUT2D eigenvalue weighted by Crippen LogP contribution is 2.45.